The van der Waals surface area contributed by atoms with Crippen LogP contribution in [0.15, 0.2) is 10.8 Å². The molecule has 0 atom stereocenters. The Hall–Kier alpha value is -1.14. The second-order valence-corrected chi connectivity index (χ2v) is 4.31. The van der Waals surface area contributed by atoms with Crippen molar-refractivity contribution in [3.8, 4) is 0 Å². The highest BCUT2D eigenvalue weighted by molar-refractivity contribution is 7.13. The fraction of sp³-hybridized carbons (Fsp3) is 0.143. The molecule has 0 amide bonds. The molecule has 13 heavy (non-hydrogen) atoms. The van der Waals surface area contributed by atoms with Gasteiger partial charge in [-0.1, -0.05) is 0 Å². The molecule has 0 radical (unpaired) electrons. The van der Waals surface area contributed by atoms with Crippen LogP contribution in [0.3, 0.4) is 0 Å². The van der Waals surface area contributed by atoms with Gasteiger partial charge in [-0.2, -0.15) is 0 Å². The number of nitrogens with two attached hydrogens (primary N) is 2. The van der Waals surface area contributed by atoms with Gasteiger partial charge in [0.05, 0.1) is 11.4 Å². The smallest absolute Gasteiger partial charge is 0.180 e. The maximum atomic E-state index is 5.50. The molecule has 0 unspecified atom stereocenters. The third-order valence-electron chi connectivity index (χ3n) is 1.50. The second kappa shape index (κ2) is 3.31. The molecule has 2 heterocycles. The van der Waals surface area contributed by atoms with E-state index in [4.69, 9.17) is 11.5 Å². The third-order valence-corrected chi connectivity index (χ3v) is 2.95. The van der Waals surface area contributed by atoms with Crippen LogP contribution in [0.5, 0.6) is 0 Å². The van der Waals surface area contributed by atoms with E-state index in [0.29, 0.717) is 16.7 Å². The first-order valence-electron chi connectivity index (χ1n) is 3.64. The molecule has 0 aliphatic carbocycles. The number of rotatable bonds is 2. The van der Waals surface area contributed by atoms with Gasteiger partial charge in [0, 0.05) is 17.2 Å². The van der Waals surface area contributed by atoms with E-state index in [0.717, 1.165) is 11.4 Å². The van der Waals surface area contributed by atoms with Crippen molar-refractivity contribution in [2.24, 2.45) is 0 Å². The second-order valence-electron chi connectivity index (χ2n) is 2.53. The van der Waals surface area contributed by atoms with Gasteiger partial charge in [0.25, 0.3) is 0 Å². The Labute approximate surface area is 83.3 Å². The number of hydrogen-bond donors (Lipinski definition) is 2. The van der Waals surface area contributed by atoms with Crippen LogP contribution >= 0.6 is 22.7 Å². The maximum Gasteiger partial charge on any atom is 0.180 e. The van der Waals surface area contributed by atoms with E-state index in [1.807, 2.05) is 10.8 Å². The number of hydrogen-bond acceptors (Lipinski definition) is 6. The van der Waals surface area contributed by atoms with Crippen LogP contribution in [0, 0.1) is 0 Å². The summed E-state index contributed by atoms with van der Waals surface area (Å²) >= 11 is 2.88. The molecular weight excluding hydrogens is 204 g/mol. The van der Waals surface area contributed by atoms with Gasteiger partial charge in [0.1, 0.15) is 0 Å². The topological polar surface area (TPSA) is 77.8 Å². The first-order valence-corrected chi connectivity index (χ1v) is 5.40. The fourth-order valence-electron chi connectivity index (χ4n) is 0.993. The Morgan fingerprint density at radius 3 is 1.77 bits per heavy atom. The van der Waals surface area contributed by atoms with E-state index in [-0.39, 0.29) is 0 Å². The molecule has 0 aliphatic rings. The largest absolute Gasteiger partial charge is 0.375 e. The lowest BCUT2D eigenvalue weighted by Crippen LogP contribution is -1.91. The molecule has 0 saturated carbocycles. The predicted octanol–water partition coefficient (Wildman–Crippen LogP) is 1.35. The Kier molecular flexibility index (Phi) is 2.15. The van der Waals surface area contributed by atoms with Gasteiger partial charge in [0.2, 0.25) is 0 Å². The van der Waals surface area contributed by atoms with E-state index in [9.17, 15) is 0 Å². The lowest BCUT2D eigenvalue weighted by Gasteiger charge is -1.89. The molecule has 4 nitrogen and oxygen atoms in total. The molecular formula is C7H8N4S2. The van der Waals surface area contributed by atoms with Gasteiger partial charge in [-0.3, -0.25) is 0 Å². The minimum Gasteiger partial charge on any atom is -0.375 e. The highest BCUT2D eigenvalue weighted by Gasteiger charge is 2.03. The van der Waals surface area contributed by atoms with Crippen LogP contribution in [0.1, 0.15) is 11.4 Å². The van der Waals surface area contributed by atoms with Crippen molar-refractivity contribution in [1.82, 2.24) is 9.97 Å². The van der Waals surface area contributed by atoms with Crippen molar-refractivity contribution in [3.63, 3.8) is 0 Å². The molecule has 0 aromatic carbocycles. The monoisotopic (exact) mass is 212 g/mol. The van der Waals surface area contributed by atoms with Crippen molar-refractivity contribution >= 4 is 32.9 Å². The normalized spacial score (nSPS) is 10.5. The average Bonchev–Trinajstić information content (AvgIpc) is 2.62. The Morgan fingerprint density at radius 2 is 1.46 bits per heavy atom. The summed E-state index contributed by atoms with van der Waals surface area (Å²) in [6.07, 6.45) is 0.710. The first kappa shape index (κ1) is 8.46. The zero-order valence-corrected chi connectivity index (χ0v) is 8.36. The summed E-state index contributed by atoms with van der Waals surface area (Å²) in [4.78, 5) is 8.27. The molecule has 0 fully saturated rings. The van der Waals surface area contributed by atoms with Crippen LogP contribution in [-0.2, 0) is 6.42 Å². The number of anilines is 2. The van der Waals surface area contributed by atoms with Gasteiger partial charge in [-0.15, -0.1) is 22.7 Å². The zero-order chi connectivity index (χ0) is 9.26. The highest BCUT2D eigenvalue weighted by Crippen LogP contribution is 2.17. The minimum atomic E-state index is 0.596. The van der Waals surface area contributed by atoms with E-state index < -0.39 is 0 Å². The van der Waals surface area contributed by atoms with E-state index in [1.54, 1.807) is 0 Å². The average molecular weight is 212 g/mol. The fourth-order valence-corrected chi connectivity index (χ4v) is 2.12. The van der Waals surface area contributed by atoms with E-state index >= 15 is 0 Å². The van der Waals surface area contributed by atoms with Crippen LogP contribution in [0.4, 0.5) is 10.3 Å². The van der Waals surface area contributed by atoms with Crippen LogP contribution in [0.25, 0.3) is 0 Å². The van der Waals surface area contributed by atoms with E-state index in [2.05, 4.69) is 9.97 Å². The summed E-state index contributed by atoms with van der Waals surface area (Å²) in [5.74, 6) is 0. The summed E-state index contributed by atoms with van der Waals surface area (Å²) < 4.78 is 0. The molecule has 4 N–H and O–H groups in total. The van der Waals surface area contributed by atoms with Crippen molar-refractivity contribution in [1.29, 1.82) is 0 Å². The van der Waals surface area contributed by atoms with Gasteiger partial charge < -0.3 is 11.5 Å². The maximum absolute atomic E-state index is 5.50. The summed E-state index contributed by atoms with van der Waals surface area (Å²) in [5.41, 5.74) is 12.9. The summed E-state index contributed by atoms with van der Waals surface area (Å²) in [5, 5.41) is 5.06. The van der Waals surface area contributed by atoms with Crippen molar-refractivity contribution < 1.29 is 0 Å². The zero-order valence-electron chi connectivity index (χ0n) is 6.73. The van der Waals surface area contributed by atoms with Crippen molar-refractivity contribution in [2.45, 2.75) is 6.42 Å². The molecule has 0 spiro atoms. The SMILES string of the molecule is Nc1nc(Cc2csc(N)n2)cs1. The summed E-state index contributed by atoms with van der Waals surface area (Å²) in [6, 6.07) is 0. The van der Waals surface area contributed by atoms with Gasteiger partial charge >= 0.3 is 0 Å². The quantitative estimate of drug-likeness (QED) is 0.787. The molecule has 6 heteroatoms. The molecule has 2 aromatic heterocycles. The Balaban J connectivity index is 2.14. The lowest BCUT2D eigenvalue weighted by atomic mass is 10.3. The number of thiazole rings is 2. The molecule has 2 rings (SSSR count). The standard InChI is InChI=1S/C7H8N4S2/c8-6-10-4(2-12-6)1-5-3-13-7(9)11-5/h2-3H,1H2,(H2,8,10)(H2,9,11). The Morgan fingerprint density at radius 1 is 1.00 bits per heavy atom. The van der Waals surface area contributed by atoms with Gasteiger partial charge in [0.15, 0.2) is 10.3 Å². The van der Waals surface area contributed by atoms with Crippen LogP contribution in [0.2, 0.25) is 0 Å². The Bertz CT molecular complexity index is 368. The van der Waals surface area contributed by atoms with Crippen LogP contribution in [-0.4, -0.2) is 9.97 Å². The van der Waals surface area contributed by atoms with Gasteiger partial charge in [-0.05, 0) is 0 Å². The third kappa shape index (κ3) is 1.96. The molecule has 2 aromatic rings. The summed E-state index contributed by atoms with van der Waals surface area (Å²) in [6.45, 7) is 0. The molecule has 0 aliphatic heterocycles. The van der Waals surface area contributed by atoms with Crippen molar-refractivity contribution in [3.05, 3.63) is 22.1 Å². The lowest BCUT2D eigenvalue weighted by molar-refractivity contribution is 1.06. The van der Waals surface area contributed by atoms with Crippen molar-refractivity contribution in [2.75, 3.05) is 11.5 Å². The minimum absolute atomic E-state index is 0.596. The predicted molar refractivity (Wildman–Crippen MR) is 55.9 cm³/mol. The molecule has 0 bridgehead atoms. The number of nitrogen functional groups attached to an aromatic ring is 2. The first-order chi connectivity index (χ1) is 6.24. The number of aromatic nitrogens is 2. The van der Waals surface area contributed by atoms with E-state index in [1.165, 1.54) is 22.7 Å². The summed E-state index contributed by atoms with van der Waals surface area (Å²) in [7, 11) is 0. The molecule has 68 valence electrons. The highest BCUT2D eigenvalue weighted by atomic mass is 32.1. The van der Waals surface area contributed by atoms with Crippen LogP contribution < -0.4 is 11.5 Å². The molecule has 0 saturated heterocycles. The van der Waals surface area contributed by atoms with Gasteiger partial charge in [-0.25, -0.2) is 9.97 Å². The number of nitrogens with zero attached hydrogens (tertiary/aromatic N) is 2.